The lowest BCUT2D eigenvalue weighted by atomic mass is 10.2. The maximum atomic E-state index is 12.5. The van der Waals surface area contributed by atoms with Crippen LogP contribution in [0, 0.1) is 0 Å². The molecule has 3 rings (SSSR count). The number of nitrogens with zero attached hydrogens (tertiary/aromatic N) is 3. The molecule has 1 aromatic heterocycles. The van der Waals surface area contributed by atoms with Crippen LogP contribution in [0.1, 0.15) is 30.0 Å². The summed E-state index contributed by atoms with van der Waals surface area (Å²) in [4.78, 5) is 40.0. The summed E-state index contributed by atoms with van der Waals surface area (Å²) in [5.41, 5.74) is 0.615. The highest BCUT2D eigenvalue weighted by Gasteiger charge is 2.26. The predicted molar refractivity (Wildman–Crippen MR) is 128 cm³/mol. The van der Waals surface area contributed by atoms with Crippen molar-refractivity contribution in [1.82, 2.24) is 14.1 Å². The van der Waals surface area contributed by atoms with Crippen LogP contribution in [-0.2, 0) is 24.3 Å². The largest absolute Gasteiger partial charge is 0.459 e. The Labute approximate surface area is 204 Å². The molecule has 0 saturated carbocycles. The topological polar surface area (TPSA) is 117 Å². The molecular weight excluding hydrogens is 474 g/mol. The molecule has 1 aliphatic heterocycles. The summed E-state index contributed by atoms with van der Waals surface area (Å²) < 4.78 is 36.6. The number of esters is 1. The lowest BCUT2D eigenvalue weighted by Crippen LogP contribution is -2.51. The number of sulfonamides is 1. The molecule has 2 amide bonds. The smallest absolute Gasteiger partial charge is 0.331 e. The fourth-order valence-corrected chi connectivity index (χ4v) is 5.07. The van der Waals surface area contributed by atoms with Crippen LogP contribution < -0.4 is 0 Å². The third kappa shape index (κ3) is 6.58. The minimum Gasteiger partial charge on any atom is -0.459 e. The fraction of sp³-hybridized carbons (Fsp3) is 0.375. The molecule has 1 fully saturated rings. The molecule has 0 N–H and O–H groups in total. The van der Waals surface area contributed by atoms with E-state index in [4.69, 9.17) is 9.15 Å². The Morgan fingerprint density at radius 3 is 2.20 bits per heavy atom. The second-order valence-corrected chi connectivity index (χ2v) is 9.69. The number of carbonyl (C=O) groups is 3. The number of hydrogen-bond acceptors (Lipinski definition) is 7. The average Bonchev–Trinajstić information content (AvgIpc) is 3.41. The van der Waals surface area contributed by atoms with Crippen molar-refractivity contribution in [2.24, 2.45) is 0 Å². The highest BCUT2D eigenvalue weighted by molar-refractivity contribution is 7.89. The number of amides is 2. The monoisotopic (exact) mass is 503 g/mol. The molecule has 1 aromatic carbocycles. The van der Waals surface area contributed by atoms with Crippen LogP contribution >= 0.6 is 0 Å². The quantitative estimate of drug-likeness (QED) is 0.379. The number of benzene rings is 1. The van der Waals surface area contributed by atoms with E-state index >= 15 is 0 Å². The SMILES string of the molecule is CCN(CC)S(=O)(=O)c1ccc(C=CC(=O)OCC(=O)N2CCN(C(=O)c3ccco3)CC2)cc1. The molecule has 0 unspecified atom stereocenters. The van der Waals surface area contributed by atoms with Crippen molar-refractivity contribution >= 4 is 33.9 Å². The van der Waals surface area contributed by atoms with Crippen LogP contribution in [-0.4, -0.2) is 86.2 Å². The first-order valence-electron chi connectivity index (χ1n) is 11.3. The number of piperazine rings is 1. The molecule has 35 heavy (non-hydrogen) atoms. The minimum atomic E-state index is -3.55. The number of ether oxygens (including phenoxy) is 1. The van der Waals surface area contributed by atoms with Gasteiger partial charge in [0.1, 0.15) is 0 Å². The van der Waals surface area contributed by atoms with Crippen LogP contribution in [0.4, 0.5) is 0 Å². The zero-order chi connectivity index (χ0) is 25.4. The van der Waals surface area contributed by atoms with Gasteiger partial charge in [0, 0.05) is 45.3 Å². The summed E-state index contributed by atoms with van der Waals surface area (Å²) in [5.74, 6) is -1.00. The van der Waals surface area contributed by atoms with Gasteiger partial charge in [-0.1, -0.05) is 26.0 Å². The molecule has 2 aromatic rings. The molecule has 10 nitrogen and oxygen atoms in total. The summed E-state index contributed by atoms with van der Waals surface area (Å²) >= 11 is 0. The van der Waals surface area contributed by atoms with Crippen LogP contribution in [0.3, 0.4) is 0 Å². The zero-order valence-electron chi connectivity index (χ0n) is 19.8. The Hall–Kier alpha value is -3.44. The third-order valence-corrected chi connectivity index (χ3v) is 7.69. The van der Waals surface area contributed by atoms with Gasteiger partial charge in [0.2, 0.25) is 10.0 Å². The third-order valence-electron chi connectivity index (χ3n) is 5.62. The van der Waals surface area contributed by atoms with Gasteiger partial charge in [-0.3, -0.25) is 9.59 Å². The van der Waals surface area contributed by atoms with E-state index in [1.54, 1.807) is 43.0 Å². The molecule has 0 radical (unpaired) electrons. The van der Waals surface area contributed by atoms with Crippen molar-refractivity contribution < 1.29 is 32.0 Å². The first-order chi connectivity index (χ1) is 16.8. The van der Waals surface area contributed by atoms with Gasteiger partial charge in [0.15, 0.2) is 12.4 Å². The van der Waals surface area contributed by atoms with Gasteiger partial charge in [-0.15, -0.1) is 0 Å². The molecule has 1 aliphatic rings. The number of furan rings is 1. The van der Waals surface area contributed by atoms with Gasteiger partial charge in [-0.05, 0) is 35.9 Å². The highest BCUT2D eigenvalue weighted by Crippen LogP contribution is 2.17. The number of rotatable bonds is 9. The molecule has 11 heteroatoms. The lowest BCUT2D eigenvalue weighted by Gasteiger charge is -2.34. The van der Waals surface area contributed by atoms with E-state index in [-0.39, 0.29) is 22.5 Å². The maximum absolute atomic E-state index is 12.5. The average molecular weight is 504 g/mol. The summed E-state index contributed by atoms with van der Waals surface area (Å²) in [5, 5.41) is 0. The molecular formula is C24H29N3O7S. The van der Waals surface area contributed by atoms with Gasteiger partial charge in [0.05, 0.1) is 11.2 Å². The van der Waals surface area contributed by atoms with Crippen LogP contribution in [0.25, 0.3) is 6.08 Å². The normalized spacial score (nSPS) is 14.5. The summed E-state index contributed by atoms with van der Waals surface area (Å²) in [6, 6.07) is 9.39. The molecule has 0 bridgehead atoms. The Morgan fingerprint density at radius 1 is 1.00 bits per heavy atom. The second-order valence-electron chi connectivity index (χ2n) is 7.75. The van der Waals surface area contributed by atoms with Gasteiger partial charge < -0.3 is 19.0 Å². The Bertz CT molecular complexity index is 1150. The van der Waals surface area contributed by atoms with Gasteiger partial charge in [-0.25, -0.2) is 13.2 Å². The molecule has 1 saturated heterocycles. The minimum absolute atomic E-state index is 0.178. The maximum Gasteiger partial charge on any atom is 0.331 e. The first kappa shape index (κ1) is 26.2. The van der Waals surface area contributed by atoms with Gasteiger partial charge in [-0.2, -0.15) is 4.31 Å². The molecule has 188 valence electrons. The fourth-order valence-electron chi connectivity index (χ4n) is 3.62. The zero-order valence-corrected chi connectivity index (χ0v) is 20.6. The van der Waals surface area contributed by atoms with E-state index in [2.05, 4.69) is 0 Å². The van der Waals surface area contributed by atoms with Crippen LogP contribution in [0.15, 0.2) is 58.1 Å². The van der Waals surface area contributed by atoms with Crippen molar-refractivity contribution in [3.8, 4) is 0 Å². The Balaban J connectivity index is 1.45. The van der Waals surface area contributed by atoms with E-state index in [9.17, 15) is 22.8 Å². The Kier molecular flexibility index (Phi) is 8.83. The van der Waals surface area contributed by atoms with Crippen molar-refractivity contribution in [1.29, 1.82) is 0 Å². The molecule has 0 atom stereocenters. The second kappa shape index (κ2) is 11.8. The lowest BCUT2D eigenvalue weighted by molar-refractivity contribution is -0.148. The Morgan fingerprint density at radius 2 is 1.63 bits per heavy atom. The summed E-state index contributed by atoms with van der Waals surface area (Å²) in [6.07, 6.45) is 4.10. The van der Waals surface area contributed by atoms with Crippen LogP contribution in [0.5, 0.6) is 0 Å². The number of hydrogen-bond donors (Lipinski definition) is 0. The van der Waals surface area contributed by atoms with Crippen molar-refractivity contribution in [2.75, 3.05) is 45.9 Å². The van der Waals surface area contributed by atoms with E-state index in [0.717, 1.165) is 0 Å². The van der Waals surface area contributed by atoms with Crippen LogP contribution in [0.2, 0.25) is 0 Å². The molecule has 0 aliphatic carbocycles. The summed E-state index contributed by atoms with van der Waals surface area (Å²) in [6.45, 7) is 5.29. The van der Waals surface area contributed by atoms with E-state index in [0.29, 0.717) is 44.8 Å². The highest BCUT2D eigenvalue weighted by atomic mass is 32.2. The number of carbonyl (C=O) groups excluding carboxylic acids is 3. The van der Waals surface area contributed by atoms with Crippen molar-refractivity contribution in [3.63, 3.8) is 0 Å². The first-order valence-corrected chi connectivity index (χ1v) is 12.8. The summed E-state index contributed by atoms with van der Waals surface area (Å²) in [7, 11) is -3.55. The molecule has 2 heterocycles. The van der Waals surface area contributed by atoms with E-state index in [1.165, 1.54) is 39.8 Å². The molecule has 0 spiro atoms. The van der Waals surface area contributed by atoms with Gasteiger partial charge in [0.25, 0.3) is 11.8 Å². The van der Waals surface area contributed by atoms with E-state index < -0.39 is 22.6 Å². The van der Waals surface area contributed by atoms with Crippen molar-refractivity contribution in [2.45, 2.75) is 18.7 Å². The van der Waals surface area contributed by atoms with Gasteiger partial charge >= 0.3 is 5.97 Å². The predicted octanol–water partition coefficient (Wildman–Crippen LogP) is 1.85. The van der Waals surface area contributed by atoms with Crippen molar-refractivity contribution in [3.05, 3.63) is 60.1 Å². The van der Waals surface area contributed by atoms with E-state index in [1.807, 2.05) is 0 Å². The standard InChI is InChI=1S/C24H29N3O7S/c1-3-27(4-2)35(31,32)20-10-7-19(8-11-20)9-12-23(29)34-18-22(28)25-13-15-26(16-14-25)24(30)21-6-5-17-33-21/h5-12,17H,3-4,13-16,18H2,1-2H3.